The smallest absolute Gasteiger partial charge is 0.240 e. The van der Waals surface area contributed by atoms with Crippen molar-refractivity contribution in [1.82, 2.24) is 4.72 Å². The molecule has 0 bridgehead atoms. The Labute approximate surface area is 162 Å². The third-order valence-corrected chi connectivity index (χ3v) is 6.08. The van der Waals surface area contributed by atoms with Crippen LogP contribution in [0.1, 0.15) is 17.2 Å². The maximum Gasteiger partial charge on any atom is 0.240 e. The average molecular weight is 393 g/mol. The lowest BCUT2D eigenvalue weighted by Crippen LogP contribution is -3.07. The molecule has 0 saturated carbocycles. The van der Waals surface area contributed by atoms with Crippen LogP contribution in [0, 0.1) is 6.92 Å². The fraction of sp³-hybridized carbons (Fsp3) is 0.400. The van der Waals surface area contributed by atoms with Gasteiger partial charge in [-0.3, -0.25) is 0 Å². The lowest BCUT2D eigenvalue weighted by atomic mass is 10.1. The lowest BCUT2D eigenvalue weighted by Gasteiger charge is -2.23. The predicted molar refractivity (Wildman–Crippen MR) is 109 cm³/mol. The second-order valence-corrected chi connectivity index (χ2v) is 8.87. The largest absolute Gasteiger partial charge is 0.496 e. The zero-order valence-electron chi connectivity index (χ0n) is 16.9. The molecule has 0 aliphatic carbocycles. The van der Waals surface area contributed by atoms with Crippen LogP contribution in [0.4, 0.5) is 5.69 Å². The molecule has 7 heteroatoms. The minimum atomic E-state index is -3.59. The molecule has 0 radical (unpaired) electrons. The first kappa shape index (κ1) is 21.2. The number of rotatable bonds is 8. The van der Waals surface area contributed by atoms with Gasteiger partial charge in [-0.15, -0.1) is 0 Å². The zero-order chi connectivity index (χ0) is 20.2. The molecule has 0 fully saturated rings. The topological polar surface area (TPSA) is 63.1 Å². The van der Waals surface area contributed by atoms with Gasteiger partial charge in [0.25, 0.3) is 0 Å². The van der Waals surface area contributed by atoms with E-state index in [1.54, 1.807) is 25.3 Å². The van der Waals surface area contributed by atoms with Crippen LogP contribution in [0.15, 0.2) is 47.4 Å². The minimum absolute atomic E-state index is 0.00957. The number of ether oxygens (including phenoxy) is 1. The molecule has 2 N–H and O–H groups in total. The van der Waals surface area contributed by atoms with Gasteiger partial charge < -0.3 is 14.5 Å². The second kappa shape index (κ2) is 8.73. The number of quaternary nitrogens is 1. The van der Waals surface area contributed by atoms with Crippen LogP contribution in [-0.2, 0) is 10.0 Å². The molecule has 0 aromatic heterocycles. The molecule has 0 unspecified atom stereocenters. The van der Waals surface area contributed by atoms with E-state index < -0.39 is 10.0 Å². The molecular formula is C20H30N3O3S+. The molecule has 1 atom stereocenters. The van der Waals surface area contributed by atoms with Crippen molar-refractivity contribution in [3.05, 3.63) is 53.6 Å². The number of nitrogens with zero attached hydrogens (tertiary/aromatic N) is 1. The molecular weight excluding hydrogens is 362 g/mol. The lowest BCUT2D eigenvalue weighted by molar-refractivity contribution is -0.890. The van der Waals surface area contributed by atoms with Gasteiger partial charge in [-0.1, -0.05) is 12.1 Å². The number of sulfonamides is 1. The Balaban J connectivity index is 2.18. The summed E-state index contributed by atoms with van der Waals surface area (Å²) in [6.07, 6.45) is 0. The van der Waals surface area contributed by atoms with Crippen LogP contribution in [-0.4, -0.2) is 50.3 Å². The third-order valence-electron chi connectivity index (χ3n) is 4.66. The Kier molecular flexibility index (Phi) is 6.86. The van der Waals surface area contributed by atoms with Gasteiger partial charge in [-0.2, -0.15) is 0 Å². The maximum absolute atomic E-state index is 12.7. The fourth-order valence-electron chi connectivity index (χ4n) is 2.95. The van der Waals surface area contributed by atoms with E-state index >= 15 is 0 Å². The van der Waals surface area contributed by atoms with Crippen molar-refractivity contribution in [2.24, 2.45) is 0 Å². The normalized spacial score (nSPS) is 12.9. The van der Waals surface area contributed by atoms with Crippen molar-refractivity contribution in [2.75, 3.05) is 46.7 Å². The van der Waals surface area contributed by atoms with Crippen LogP contribution in [0.25, 0.3) is 0 Å². The summed E-state index contributed by atoms with van der Waals surface area (Å²) < 4.78 is 33.4. The van der Waals surface area contributed by atoms with Gasteiger partial charge in [0.2, 0.25) is 10.0 Å². The van der Waals surface area contributed by atoms with Crippen molar-refractivity contribution in [2.45, 2.75) is 17.9 Å². The van der Waals surface area contributed by atoms with E-state index in [-0.39, 0.29) is 10.9 Å². The third kappa shape index (κ3) is 5.22. The summed E-state index contributed by atoms with van der Waals surface area (Å²) in [6, 6.07) is 13.1. The van der Waals surface area contributed by atoms with E-state index in [2.05, 4.69) is 16.9 Å². The van der Waals surface area contributed by atoms with Crippen LogP contribution in [0.2, 0.25) is 0 Å². The fourth-order valence-corrected chi connectivity index (χ4v) is 4.09. The highest BCUT2D eigenvalue weighted by Crippen LogP contribution is 2.22. The second-order valence-electron chi connectivity index (χ2n) is 7.10. The van der Waals surface area contributed by atoms with Gasteiger partial charge in [-0.25, -0.2) is 13.1 Å². The number of benzene rings is 2. The van der Waals surface area contributed by atoms with E-state index in [0.29, 0.717) is 12.3 Å². The molecule has 0 aliphatic heterocycles. The Morgan fingerprint density at radius 2 is 1.74 bits per heavy atom. The average Bonchev–Trinajstić information content (AvgIpc) is 2.61. The first-order valence-corrected chi connectivity index (χ1v) is 10.4. The summed E-state index contributed by atoms with van der Waals surface area (Å²) in [7, 11) is 6.01. The summed E-state index contributed by atoms with van der Waals surface area (Å²) in [5.41, 5.74) is 2.99. The van der Waals surface area contributed by atoms with E-state index in [4.69, 9.17) is 4.74 Å². The van der Waals surface area contributed by atoms with Crippen LogP contribution < -0.4 is 19.3 Å². The standard InChI is InChI=1S/C20H29N3O3S/c1-15-13-18(11-12-20(15)26-6)27(24,25)21-14-19(23(4)5)16-7-9-17(10-8-16)22(2)3/h7-13,19,21H,14H2,1-6H3/p+1/t19-/m1/s1. The Hall–Kier alpha value is -2.09. The monoisotopic (exact) mass is 392 g/mol. The molecule has 0 aliphatic rings. The van der Waals surface area contributed by atoms with Crippen molar-refractivity contribution >= 4 is 15.7 Å². The van der Waals surface area contributed by atoms with Gasteiger partial charge in [0.05, 0.1) is 32.6 Å². The van der Waals surface area contributed by atoms with Gasteiger partial charge in [-0.05, 0) is 42.8 Å². The van der Waals surface area contributed by atoms with E-state index in [1.807, 2.05) is 52.1 Å². The molecule has 0 amide bonds. The van der Waals surface area contributed by atoms with Gasteiger partial charge in [0.15, 0.2) is 0 Å². The molecule has 0 saturated heterocycles. The molecule has 27 heavy (non-hydrogen) atoms. The number of nitrogens with one attached hydrogen (secondary N) is 2. The van der Waals surface area contributed by atoms with E-state index in [1.165, 1.54) is 0 Å². The molecule has 2 aromatic rings. The summed E-state index contributed by atoms with van der Waals surface area (Å²) in [6.45, 7) is 2.15. The highest BCUT2D eigenvalue weighted by molar-refractivity contribution is 7.89. The maximum atomic E-state index is 12.7. The summed E-state index contributed by atoms with van der Waals surface area (Å²) in [4.78, 5) is 3.44. The number of likely N-dealkylation sites (N-methyl/N-ethyl adjacent to an activating group) is 1. The highest BCUT2D eigenvalue weighted by atomic mass is 32.2. The van der Waals surface area contributed by atoms with Crippen LogP contribution in [0.3, 0.4) is 0 Å². The molecule has 0 heterocycles. The molecule has 2 rings (SSSR count). The zero-order valence-corrected chi connectivity index (χ0v) is 17.7. The van der Waals surface area contributed by atoms with Gasteiger partial charge in [0, 0.05) is 25.3 Å². The van der Waals surface area contributed by atoms with Gasteiger partial charge >= 0.3 is 0 Å². The molecule has 0 spiro atoms. The van der Waals surface area contributed by atoms with E-state index in [0.717, 1.165) is 21.7 Å². The number of hydrogen-bond acceptors (Lipinski definition) is 4. The summed E-state index contributed by atoms with van der Waals surface area (Å²) in [5, 5.41) is 0. The van der Waals surface area contributed by atoms with Crippen molar-refractivity contribution < 1.29 is 18.1 Å². The quantitative estimate of drug-likeness (QED) is 0.709. The summed E-state index contributed by atoms with van der Waals surface area (Å²) >= 11 is 0. The predicted octanol–water partition coefficient (Wildman–Crippen LogP) is 1.23. The minimum Gasteiger partial charge on any atom is -0.496 e. The van der Waals surface area contributed by atoms with Crippen molar-refractivity contribution in [3.8, 4) is 5.75 Å². The Morgan fingerprint density at radius 1 is 1.11 bits per heavy atom. The number of hydrogen-bond donors (Lipinski definition) is 2. The SMILES string of the molecule is COc1ccc(S(=O)(=O)NC[C@H](c2ccc(N(C)C)cc2)[NH+](C)C)cc1C. The van der Waals surface area contributed by atoms with Crippen molar-refractivity contribution in [3.63, 3.8) is 0 Å². The van der Waals surface area contributed by atoms with Gasteiger partial charge in [0.1, 0.15) is 11.8 Å². The van der Waals surface area contributed by atoms with Crippen molar-refractivity contribution in [1.29, 1.82) is 0 Å². The van der Waals surface area contributed by atoms with Crippen LogP contribution in [0.5, 0.6) is 5.75 Å². The Bertz CT molecular complexity index is 863. The highest BCUT2D eigenvalue weighted by Gasteiger charge is 2.22. The first-order valence-electron chi connectivity index (χ1n) is 8.87. The number of aryl methyl sites for hydroxylation is 1. The van der Waals surface area contributed by atoms with E-state index in [9.17, 15) is 8.42 Å². The van der Waals surface area contributed by atoms with Crippen LogP contribution >= 0.6 is 0 Å². The number of methoxy groups -OCH3 is 1. The molecule has 2 aromatic carbocycles. The number of anilines is 1. The molecule has 148 valence electrons. The molecule has 6 nitrogen and oxygen atoms in total. The Morgan fingerprint density at radius 3 is 2.22 bits per heavy atom. The first-order chi connectivity index (χ1) is 12.7. The summed E-state index contributed by atoms with van der Waals surface area (Å²) in [5.74, 6) is 0.672.